The van der Waals surface area contributed by atoms with Gasteiger partial charge in [0.05, 0.1) is 11.7 Å². The molecule has 86 valence electrons. The normalized spacial score (nSPS) is 9.76. The molecule has 1 heterocycles. The molecule has 1 N–H and O–H groups in total. The summed E-state index contributed by atoms with van der Waals surface area (Å²) in [6.07, 6.45) is 1.82. The molecule has 0 spiro atoms. The van der Waals surface area contributed by atoms with E-state index >= 15 is 0 Å². The van der Waals surface area contributed by atoms with Gasteiger partial charge in [0.1, 0.15) is 0 Å². The van der Waals surface area contributed by atoms with Crippen LogP contribution < -0.4 is 5.32 Å². The number of carbonyl (C=O) groups is 1. The van der Waals surface area contributed by atoms with Crippen molar-refractivity contribution in [2.24, 2.45) is 0 Å². The van der Waals surface area contributed by atoms with E-state index in [-0.39, 0.29) is 5.91 Å². The fourth-order valence-corrected chi connectivity index (χ4v) is 1.68. The highest BCUT2D eigenvalue weighted by atomic mass is 16.1. The Hall–Kier alpha value is -2.28. The molecule has 17 heavy (non-hydrogen) atoms. The molecule has 0 radical (unpaired) electrons. The van der Waals surface area contributed by atoms with Gasteiger partial charge in [-0.1, -0.05) is 5.92 Å². The van der Waals surface area contributed by atoms with Crippen LogP contribution in [0.2, 0.25) is 0 Å². The molecule has 0 saturated heterocycles. The van der Waals surface area contributed by atoms with Gasteiger partial charge in [0.25, 0.3) is 5.91 Å². The summed E-state index contributed by atoms with van der Waals surface area (Å²) in [7, 11) is 0. The van der Waals surface area contributed by atoms with Crippen LogP contribution in [0.5, 0.6) is 0 Å². The van der Waals surface area contributed by atoms with E-state index < -0.39 is 0 Å². The summed E-state index contributed by atoms with van der Waals surface area (Å²) in [4.78, 5) is 11.3. The molecule has 0 unspecified atom stereocenters. The number of aryl methyl sites for hydroxylation is 1. The van der Waals surface area contributed by atoms with E-state index in [0.29, 0.717) is 0 Å². The van der Waals surface area contributed by atoms with E-state index in [9.17, 15) is 4.79 Å². The van der Waals surface area contributed by atoms with Crippen molar-refractivity contribution in [2.75, 3.05) is 5.32 Å². The molecule has 1 aromatic heterocycles. The number of aromatic nitrogens is 2. The van der Waals surface area contributed by atoms with E-state index in [4.69, 9.17) is 0 Å². The lowest BCUT2D eigenvalue weighted by atomic mass is 10.2. The van der Waals surface area contributed by atoms with Crippen LogP contribution in [0.1, 0.15) is 13.8 Å². The molecule has 1 amide bonds. The molecule has 0 aliphatic heterocycles. The standard InChI is InChI=1S/C13H13N3O/c1-3-5-13(17)15-11-7-6-10-9-14-16(4-2)12(10)8-11/h6-9H,4H2,1-2H3,(H,15,17). The average molecular weight is 227 g/mol. The third-order valence-corrected chi connectivity index (χ3v) is 2.44. The number of anilines is 1. The molecule has 0 bridgehead atoms. The minimum Gasteiger partial charge on any atom is -0.315 e. The summed E-state index contributed by atoms with van der Waals surface area (Å²) in [6, 6.07) is 5.68. The first-order chi connectivity index (χ1) is 8.24. The summed E-state index contributed by atoms with van der Waals surface area (Å²) < 4.78 is 1.89. The van der Waals surface area contributed by atoms with Crippen molar-refractivity contribution in [2.45, 2.75) is 20.4 Å². The third kappa shape index (κ3) is 2.28. The Morgan fingerprint density at radius 1 is 1.53 bits per heavy atom. The van der Waals surface area contributed by atoms with Crippen molar-refractivity contribution >= 4 is 22.5 Å². The number of benzene rings is 1. The number of nitrogens with one attached hydrogen (secondary N) is 1. The molecule has 2 rings (SSSR count). The van der Waals surface area contributed by atoms with Crippen molar-refractivity contribution in [3.05, 3.63) is 24.4 Å². The Morgan fingerprint density at radius 2 is 2.35 bits per heavy atom. The maximum absolute atomic E-state index is 11.3. The van der Waals surface area contributed by atoms with Gasteiger partial charge in [-0.15, -0.1) is 0 Å². The molecule has 4 nitrogen and oxygen atoms in total. The fraction of sp³-hybridized carbons (Fsp3) is 0.231. The maximum atomic E-state index is 11.3. The third-order valence-electron chi connectivity index (χ3n) is 2.44. The first-order valence-electron chi connectivity index (χ1n) is 5.44. The SMILES string of the molecule is CC#CC(=O)Nc1ccc2cnn(CC)c2c1. The maximum Gasteiger partial charge on any atom is 0.300 e. The smallest absolute Gasteiger partial charge is 0.300 e. The van der Waals surface area contributed by atoms with Crippen LogP contribution in [0.3, 0.4) is 0 Å². The molecular formula is C13H13N3O. The van der Waals surface area contributed by atoms with Gasteiger partial charge >= 0.3 is 0 Å². The van der Waals surface area contributed by atoms with E-state index in [2.05, 4.69) is 22.3 Å². The number of hydrogen-bond acceptors (Lipinski definition) is 2. The van der Waals surface area contributed by atoms with Gasteiger partial charge in [-0.25, -0.2) is 0 Å². The van der Waals surface area contributed by atoms with Crippen molar-refractivity contribution < 1.29 is 4.79 Å². The number of rotatable bonds is 2. The molecule has 1 aromatic carbocycles. The van der Waals surface area contributed by atoms with Crippen LogP contribution >= 0.6 is 0 Å². The zero-order valence-electron chi connectivity index (χ0n) is 9.82. The Labute approximate surface area is 99.6 Å². The van der Waals surface area contributed by atoms with Crippen LogP contribution in [0.25, 0.3) is 10.9 Å². The lowest BCUT2D eigenvalue weighted by molar-refractivity contribution is -0.111. The summed E-state index contributed by atoms with van der Waals surface area (Å²) >= 11 is 0. The highest BCUT2D eigenvalue weighted by Crippen LogP contribution is 2.18. The van der Waals surface area contributed by atoms with E-state index in [0.717, 1.165) is 23.1 Å². The van der Waals surface area contributed by atoms with Gasteiger partial charge in [-0.3, -0.25) is 9.48 Å². The summed E-state index contributed by atoms with van der Waals surface area (Å²) in [6.45, 7) is 4.46. The number of nitrogens with zero attached hydrogens (tertiary/aromatic N) is 2. The molecule has 4 heteroatoms. The van der Waals surface area contributed by atoms with Gasteiger partial charge in [0.15, 0.2) is 0 Å². The quantitative estimate of drug-likeness (QED) is 0.798. The molecule has 0 fully saturated rings. The fourth-order valence-electron chi connectivity index (χ4n) is 1.68. The van der Waals surface area contributed by atoms with E-state index in [1.54, 1.807) is 6.92 Å². The lowest BCUT2D eigenvalue weighted by Gasteiger charge is -2.03. The van der Waals surface area contributed by atoms with Crippen molar-refractivity contribution in [3.8, 4) is 11.8 Å². The first-order valence-corrected chi connectivity index (χ1v) is 5.44. The largest absolute Gasteiger partial charge is 0.315 e. The summed E-state index contributed by atoms with van der Waals surface area (Å²) in [5.74, 6) is 4.71. The van der Waals surface area contributed by atoms with Gasteiger partial charge in [-0.05, 0) is 38.0 Å². The van der Waals surface area contributed by atoms with Crippen LogP contribution in [0.4, 0.5) is 5.69 Å². The van der Waals surface area contributed by atoms with Crippen LogP contribution in [-0.4, -0.2) is 15.7 Å². The Morgan fingerprint density at radius 3 is 3.06 bits per heavy atom. The number of amides is 1. The van der Waals surface area contributed by atoms with Crippen molar-refractivity contribution in [1.82, 2.24) is 9.78 Å². The Bertz CT molecular complexity index is 616. The van der Waals surface area contributed by atoms with E-state index in [1.807, 2.05) is 36.0 Å². The molecule has 0 saturated carbocycles. The van der Waals surface area contributed by atoms with Crippen LogP contribution in [0, 0.1) is 11.8 Å². The van der Waals surface area contributed by atoms with Gasteiger partial charge < -0.3 is 5.32 Å². The number of carbonyl (C=O) groups excluding carboxylic acids is 1. The Balaban J connectivity index is 2.35. The molecule has 0 aliphatic carbocycles. The summed E-state index contributed by atoms with van der Waals surface area (Å²) in [5.41, 5.74) is 1.75. The van der Waals surface area contributed by atoms with Gasteiger partial charge in [0.2, 0.25) is 0 Å². The minimum absolute atomic E-state index is 0.297. The molecule has 0 aliphatic rings. The van der Waals surface area contributed by atoms with Crippen molar-refractivity contribution in [3.63, 3.8) is 0 Å². The first kappa shape index (κ1) is 11.2. The second-order valence-corrected chi connectivity index (χ2v) is 3.56. The van der Waals surface area contributed by atoms with E-state index in [1.165, 1.54) is 0 Å². The molecular weight excluding hydrogens is 214 g/mol. The number of fused-ring (bicyclic) bond motifs is 1. The monoisotopic (exact) mass is 227 g/mol. The minimum atomic E-state index is -0.297. The van der Waals surface area contributed by atoms with Crippen molar-refractivity contribution in [1.29, 1.82) is 0 Å². The highest BCUT2D eigenvalue weighted by Gasteiger charge is 2.03. The van der Waals surface area contributed by atoms with Crippen LogP contribution in [-0.2, 0) is 11.3 Å². The predicted molar refractivity (Wildman–Crippen MR) is 67.5 cm³/mol. The predicted octanol–water partition coefficient (Wildman–Crippen LogP) is 2.02. The average Bonchev–Trinajstić information content (AvgIpc) is 2.71. The van der Waals surface area contributed by atoms with Gasteiger partial charge in [-0.2, -0.15) is 5.10 Å². The second-order valence-electron chi connectivity index (χ2n) is 3.56. The zero-order chi connectivity index (χ0) is 12.3. The van der Waals surface area contributed by atoms with Gasteiger partial charge in [0, 0.05) is 17.6 Å². The topological polar surface area (TPSA) is 46.9 Å². The second kappa shape index (κ2) is 4.71. The van der Waals surface area contributed by atoms with Crippen LogP contribution in [0.15, 0.2) is 24.4 Å². The highest BCUT2D eigenvalue weighted by molar-refractivity contribution is 6.04. The Kier molecular flexibility index (Phi) is 3.10. The molecule has 2 aromatic rings. The molecule has 0 atom stereocenters. The zero-order valence-corrected chi connectivity index (χ0v) is 9.82. The number of hydrogen-bond donors (Lipinski definition) is 1. The summed E-state index contributed by atoms with van der Waals surface area (Å²) in [5, 5.41) is 8.03. The lowest BCUT2D eigenvalue weighted by Crippen LogP contribution is -2.08.